The first-order valence-electron chi connectivity index (χ1n) is 10.1. The molecular weight excluding hydrogens is 386 g/mol. The van der Waals surface area contributed by atoms with Crippen molar-refractivity contribution in [3.05, 3.63) is 54.6 Å². The molecule has 1 aliphatic rings. The van der Waals surface area contributed by atoms with Crippen molar-refractivity contribution < 1.29 is 13.2 Å². The third kappa shape index (κ3) is 3.23. The van der Waals surface area contributed by atoms with Crippen molar-refractivity contribution in [2.75, 3.05) is 5.32 Å². The van der Waals surface area contributed by atoms with Gasteiger partial charge in [0.15, 0.2) is 14.6 Å². The summed E-state index contributed by atoms with van der Waals surface area (Å²) in [6, 6.07) is 16.0. The summed E-state index contributed by atoms with van der Waals surface area (Å²) in [5.41, 5.74) is 1.71. The number of aromatic nitrogens is 2. The maximum atomic E-state index is 13.5. The number of fused-ring (bicyclic) bond motifs is 1. The Morgan fingerprint density at radius 2 is 1.72 bits per heavy atom. The van der Waals surface area contributed by atoms with Gasteiger partial charge in [-0.05, 0) is 43.5 Å². The number of aryl methyl sites for hydroxylation is 1. The average molecular weight is 412 g/mol. The fourth-order valence-corrected chi connectivity index (χ4v) is 6.31. The van der Waals surface area contributed by atoms with Crippen LogP contribution in [0.2, 0.25) is 0 Å². The molecule has 0 unspecified atom stereocenters. The number of para-hydroxylation sites is 2. The highest BCUT2D eigenvalue weighted by molar-refractivity contribution is 7.93. The maximum Gasteiger partial charge on any atom is 0.248 e. The van der Waals surface area contributed by atoms with Crippen molar-refractivity contribution in [1.82, 2.24) is 9.55 Å². The van der Waals surface area contributed by atoms with E-state index in [2.05, 4.69) is 17.2 Å². The molecule has 6 nitrogen and oxygen atoms in total. The number of carbonyl (C=O) groups excluding carboxylic acids is 1. The number of nitrogens with one attached hydrogen (secondary N) is 1. The second kappa shape index (κ2) is 7.63. The van der Waals surface area contributed by atoms with Crippen molar-refractivity contribution in [3.8, 4) is 0 Å². The number of hydrogen-bond acceptors (Lipinski definition) is 4. The number of benzene rings is 2. The molecule has 152 valence electrons. The molecule has 1 heterocycles. The van der Waals surface area contributed by atoms with Crippen LogP contribution >= 0.6 is 0 Å². The molecule has 1 aromatic heterocycles. The standard InChI is InChI=1S/C22H25N3O3S/c1-2-16-25-19-13-7-6-12-18(19)23-21(25)24-20(26)22(14-8-9-15-22)29(27,28)17-10-4-3-5-11-17/h3-7,10-13H,2,8-9,14-16H2,1H3,(H,23,24,26). The van der Waals surface area contributed by atoms with Crippen LogP contribution in [0.1, 0.15) is 39.0 Å². The molecule has 7 heteroatoms. The molecule has 1 N–H and O–H groups in total. The molecule has 1 saturated carbocycles. The first-order chi connectivity index (χ1) is 14.0. The van der Waals surface area contributed by atoms with Crippen molar-refractivity contribution >= 4 is 32.7 Å². The summed E-state index contributed by atoms with van der Waals surface area (Å²) in [5, 5.41) is 2.88. The number of sulfone groups is 1. The number of hydrogen-bond donors (Lipinski definition) is 1. The first kappa shape index (κ1) is 19.6. The molecule has 3 aromatic rings. The van der Waals surface area contributed by atoms with Gasteiger partial charge in [0.2, 0.25) is 11.9 Å². The zero-order chi connectivity index (χ0) is 20.5. The van der Waals surface area contributed by atoms with Gasteiger partial charge in [-0.1, -0.05) is 50.1 Å². The van der Waals surface area contributed by atoms with Crippen LogP contribution < -0.4 is 5.32 Å². The molecule has 0 bridgehead atoms. The number of imidazole rings is 1. The number of anilines is 1. The SMILES string of the molecule is CCCn1c(NC(=O)C2(S(=O)(=O)c3ccccc3)CCCC2)nc2ccccc21. The van der Waals surface area contributed by atoms with Crippen LogP contribution in [0.5, 0.6) is 0 Å². The van der Waals surface area contributed by atoms with Crippen LogP contribution in [-0.4, -0.2) is 28.6 Å². The van der Waals surface area contributed by atoms with E-state index in [1.54, 1.807) is 30.3 Å². The summed E-state index contributed by atoms with van der Waals surface area (Å²) >= 11 is 0. The fourth-order valence-electron chi connectivity index (χ4n) is 4.23. The van der Waals surface area contributed by atoms with Crippen molar-refractivity contribution in [3.63, 3.8) is 0 Å². The Bertz CT molecular complexity index is 1130. The van der Waals surface area contributed by atoms with Gasteiger partial charge in [0, 0.05) is 6.54 Å². The Labute approximate surface area is 170 Å². The van der Waals surface area contributed by atoms with Crippen molar-refractivity contribution in [1.29, 1.82) is 0 Å². The zero-order valence-electron chi connectivity index (χ0n) is 16.5. The lowest BCUT2D eigenvalue weighted by atomic mass is 10.1. The van der Waals surface area contributed by atoms with Gasteiger partial charge in [-0.2, -0.15) is 0 Å². The number of nitrogens with zero attached hydrogens (tertiary/aromatic N) is 2. The van der Waals surface area contributed by atoms with Crippen LogP contribution in [0.15, 0.2) is 59.5 Å². The van der Waals surface area contributed by atoms with E-state index < -0.39 is 20.5 Å². The summed E-state index contributed by atoms with van der Waals surface area (Å²) in [6.45, 7) is 2.74. The highest BCUT2D eigenvalue weighted by Crippen LogP contribution is 2.41. The quantitative estimate of drug-likeness (QED) is 0.660. The van der Waals surface area contributed by atoms with Gasteiger partial charge in [-0.15, -0.1) is 0 Å². The Hall–Kier alpha value is -2.67. The minimum absolute atomic E-state index is 0.194. The molecule has 0 spiro atoms. The normalized spacial score (nSPS) is 16.2. The van der Waals surface area contributed by atoms with Crippen molar-refractivity contribution in [2.24, 2.45) is 0 Å². The lowest BCUT2D eigenvalue weighted by molar-refractivity contribution is -0.118. The minimum atomic E-state index is -3.82. The van der Waals surface area contributed by atoms with Gasteiger partial charge in [0.1, 0.15) is 0 Å². The lowest BCUT2D eigenvalue weighted by Gasteiger charge is -2.27. The highest BCUT2D eigenvalue weighted by Gasteiger charge is 2.53. The Morgan fingerprint density at radius 1 is 1.07 bits per heavy atom. The molecule has 29 heavy (non-hydrogen) atoms. The minimum Gasteiger partial charge on any atom is -0.310 e. The molecular formula is C22H25N3O3S. The van der Waals surface area contributed by atoms with Gasteiger partial charge < -0.3 is 4.57 Å². The molecule has 0 saturated heterocycles. The molecule has 4 rings (SSSR count). The van der Waals surface area contributed by atoms with Crippen molar-refractivity contribution in [2.45, 2.75) is 55.2 Å². The second-order valence-electron chi connectivity index (χ2n) is 7.55. The predicted octanol–water partition coefficient (Wildman–Crippen LogP) is 4.17. The van der Waals surface area contributed by atoms with Crippen LogP contribution in [0.25, 0.3) is 11.0 Å². The summed E-state index contributed by atoms with van der Waals surface area (Å²) in [6.07, 6.45) is 2.94. The Kier molecular flexibility index (Phi) is 5.17. The molecule has 1 amide bonds. The predicted molar refractivity (Wildman–Crippen MR) is 113 cm³/mol. The lowest BCUT2D eigenvalue weighted by Crippen LogP contribution is -2.47. The molecule has 0 aliphatic heterocycles. The number of amides is 1. The Morgan fingerprint density at radius 3 is 2.41 bits per heavy atom. The van der Waals surface area contributed by atoms with E-state index in [0.29, 0.717) is 38.2 Å². The van der Waals surface area contributed by atoms with Gasteiger partial charge in [-0.25, -0.2) is 13.4 Å². The highest BCUT2D eigenvalue weighted by atomic mass is 32.2. The van der Waals surface area contributed by atoms with E-state index in [4.69, 9.17) is 0 Å². The summed E-state index contributed by atoms with van der Waals surface area (Å²) in [7, 11) is -3.82. The average Bonchev–Trinajstić information content (AvgIpc) is 3.36. The summed E-state index contributed by atoms with van der Waals surface area (Å²) in [4.78, 5) is 18.2. The van der Waals surface area contributed by atoms with Gasteiger partial charge in [0.05, 0.1) is 15.9 Å². The van der Waals surface area contributed by atoms with Crippen LogP contribution in [-0.2, 0) is 21.2 Å². The molecule has 0 atom stereocenters. The first-order valence-corrected chi connectivity index (χ1v) is 11.5. The van der Waals surface area contributed by atoms with Crippen LogP contribution in [0, 0.1) is 0 Å². The van der Waals surface area contributed by atoms with E-state index in [-0.39, 0.29) is 4.90 Å². The third-order valence-electron chi connectivity index (χ3n) is 5.72. The van der Waals surface area contributed by atoms with E-state index in [9.17, 15) is 13.2 Å². The topological polar surface area (TPSA) is 81.1 Å². The van der Waals surface area contributed by atoms with E-state index in [0.717, 1.165) is 17.5 Å². The fraction of sp³-hybridized carbons (Fsp3) is 0.364. The van der Waals surface area contributed by atoms with Crippen LogP contribution in [0.4, 0.5) is 5.95 Å². The van der Waals surface area contributed by atoms with Gasteiger partial charge >= 0.3 is 0 Å². The van der Waals surface area contributed by atoms with Gasteiger partial charge in [-0.3, -0.25) is 10.1 Å². The Balaban J connectivity index is 1.75. The number of rotatable bonds is 6. The number of carbonyl (C=O) groups is 1. The molecule has 0 radical (unpaired) electrons. The van der Waals surface area contributed by atoms with E-state index in [1.807, 2.05) is 28.8 Å². The second-order valence-corrected chi connectivity index (χ2v) is 9.81. The largest absolute Gasteiger partial charge is 0.310 e. The summed E-state index contributed by atoms with van der Waals surface area (Å²) < 4.78 is 27.5. The molecule has 2 aromatic carbocycles. The molecule has 1 aliphatic carbocycles. The van der Waals surface area contributed by atoms with Gasteiger partial charge in [0.25, 0.3) is 0 Å². The molecule has 1 fully saturated rings. The monoisotopic (exact) mass is 411 g/mol. The smallest absolute Gasteiger partial charge is 0.248 e. The van der Waals surface area contributed by atoms with E-state index in [1.165, 1.54) is 0 Å². The third-order valence-corrected chi connectivity index (χ3v) is 8.24. The van der Waals surface area contributed by atoms with E-state index >= 15 is 0 Å². The zero-order valence-corrected chi connectivity index (χ0v) is 17.3. The van der Waals surface area contributed by atoms with Crippen LogP contribution in [0.3, 0.4) is 0 Å². The maximum absolute atomic E-state index is 13.5. The summed E-state index contributed by atoms with van der Waals surface area (Å²) in [5.74, 6) is -0.0703.